The van der Waals surface area contributed by atoms with Crippen LogP contribution in [-0.4, -0.2) is 34.9 Å². The van der Waals surface area contributed by atoms with Crippen LogP contribution in [0.4, 0.5) is 5.69 Å². The van der Waals surface area contributed by atoms with Gasteiger partial charge in [-0.2, -0.15) is 0 Å². The molecule has 6 nitrogen and oxygen atoms in total. The monoisotopic (exact) mass is 433 g/mol. The summed E-state index contributed by atoms with van der Waals surface area (Å²) in [5, 5.41) is 3.46. The van der Waals surface area contributed by atoms with Gasteiger partial charge in [-0.15, -0.1) is 0 Å². The van der Waals surface area contributed by atoms with Gasteiger partial charge in [0.05, 0.1) is 35.0 Å². The summed E-state index contributed by atoms with van der Waals surface area (Å²) in [7, 11) is 1.59. The maximum atomic E-state index is 12.9. The summed E-state index contributed by atoms with van der Waals surface area (Å²) < 4.78 is 7.41. The number of nitrogens with one attached hydrogen (secondary N) is 1. The third kappa shape index (κ3) is 4.83. The van der Waals surface area contributed by atoms with Crippen LogP contribution in [-0.2, 0) is 11.3 Å². The summed E-state index contributed by atoms with van der Waals surface area (Å²) in [6.07, 6.45) is 1.62. The van der Waals surface area contributed by atoms with Gasteiger partial charge in [0, 0.05) is 24.1 Å². The van der Waals surface area contributed by atoms with Gasteiger partial charge in [-0.1, -0.05) is 23.2 Å². The van der Waals surface area contributed by atoms with Gasteiger partial charge in [0.25, 0.3) is 5.91 Å². The van der Waals surface area contributed by atoms with Crippen molar-refractivity contribution in [2.24, 2.45) is 0 Å². The van der Waals surface area contributed by atoms with Crippen LogP contribution in [0.15, 0.2) is 47.1 Å². The van der Waals surface area contributed by atoms with Gasteiger partial charge in [-0.3, -0.25) is 9.59 Å². The van der Waals surface area contributed by atoms with E-state index in [1.807, 2.05) is 36.6 Å². The Balaban J connectivity index is 1.68. The van der Waals surface area contributed by atoms with Crippen molar-refractivity contribution in [3.8, 4) is 0 Å². The van der Waals surface area contributed by atoms with Crippen LogP contribution in [0, 0.1) is 13.8 Å². The van der Waals surface area contributed by atoms with Crippen molar-refractivity contribution in [3.63, 3.8) is 0 Å². The highest BCUT2D eigenvalue weighted by Gasteiger charge is 2.21. The van der Waals surface area contributed by atoms with E-state index in [1.165, 1.54) is 4.90 Å². The molecule has 2 heterocycles. The summed E-state index contributed by atoms with van der Waals surface area (Å²) >= 11 is 11.8. The summed E-state index contributed by atoms with van der Waals surface area (Å²) in [5.74, 6) is 0.247. The molecule has 3 aromatic rings. The number of aryl methyl sites for hydroxylation is 1. The number of carbonyl (C=O) groups excluding carboxylic acids is 2. The number of hydrogen-bond donors (Lipinski definition) is 1. The van der Waals surface area contributed by atoms with E-state index in [0.717, 1.165) is 17.1 Å². The first-order chi connectivity index (χ1) is 13.8. The zero-order chi connectivity index (χ0) is 21.1. The van der Waals surface area contributed by atoms with Crippen LogP contribution in [0.25, 0.3) is 0 Å². The highest BCUT2D eigenvalue weighted by atomic mass is 35.5. The minimum atomic E-state index is -0.330. The lowest BCUT2D eigenvalue weighted by molar-refractivity contribution is -0.116. The molecule has 1 N–H and O–H groups in total. The molecular formula is C21H21Cl2N3O3. The lowest BCUT2D eigenvalue weighted by Crippen LogP contribution is -2.35. The van der Waals surface area contributed by atoms with Gasteiger partial charge in [-0.05, 0) is 50.2 Å². The van der Waals surface area contributed by atoms with Crippen molar-refractivity contribution < 1.29 is 14.0 Å². The SMILES string of the molecule is Cc1cc(C(=O)N(C)CC(=O)Nc2ccc(Cl)c(Cl)c2)c(C)n1Cc1ccco1. The van der Waals surface area contributed by atoms with Gasteiger partial charge >= 0.3 is 0 Å². The molecule has 0 unspecified atom stereocenters. The molecule has 0 fully saturated rings. The Kier molecular flexibility index (Phi) is 6.35. The fourth-order valence-electron chi connectivity index (χ4n) is 3.09. The molecule has 2 amide bonds. The number of amides is 2. The highest BCUT2D eigenvalue weighted by molar-refractivity contribution is 6.42. The van der Waals surface area contributed by atoms with Crippen molar-refractivity contribution in [1.29, 1.82) is 0 Å². The van der Waals surface area contributed by atoms with Gasteiger partial charge in [0.2, 0.25) is 5.91 Å². The topological polar surface area (TPSA) is 67.5 Å². The van der Waals surface area contributed by atoms with Gasteiger partial charge in [0.1, 0.15) is 5.76 Å². The smallest absolute Gasteiger partial charge is 0.255 e. The Morgan fingerprint density at radius 2 is 1.90 bits per heavy atom. The summed E-state index contributed by atoms with van der Waals surface area (Å²) in [4.78, 5) is 26.6. The van der Waals surface area contributed by atoms with Crippen LogP contribution >= 0.6 is 23.2 Å². The van der Waals surface area contributed by atoms with Gasteiger partial charge in [0.15, 0.2) is 0 Å². The second-order valence-corrected chi connectivity index (χ2v) is 7.60. The lowest BCUT2D eigenvalue weighted by atomic mass is 10.2. The van der Waals surface area contributed by atoms with E-state index in [4.69, 9.17) is 27.6 Å². The average molecular weight is 434 g/mol. The maximum Gasteiger partial charge on any atom is 0.255 e. The first-order valence-corrected chi connectivity index (χ1v) is 9.71. The predicted octanol–water partition coefficient (Wildman–Crippen LogP) is 4.76. The van der Waals surface area contributed by atoms with Crippen molar-refractivity contribution in [2.45, 2.75) is 20.4 Å². The Bertz CT molecular complexity index is 1040. The van der Waals surface area contributed by atoms with Crippen molar-refractivity contribution in [2.75, 3.05) is 18.9 Å². The van der Waals surface area contributed by atoms with Crippen LogP contribution in [0.1, 0.15) is 27.5 Å². The van der Waals surface area contributed by atoms with Gasteiger partial charge < -0.3 is 19.2 Å². The molecular weight excluding hydrogens is 413 g/mol. The first-order valence-electron chi connectivity index (χ1n) is 8.95. The number of likely N-dealkylation sites (N-methyl/N-ethyl adjacent to an activating group) is 1. The van der Waals surface area contributed by atoms with Crippen molar-refractivity contribution >= 4 is 40.7 Å². The first kappa shape index (κ1) is 21.0. The zero-order valence-electron chi connectivity index (χ0n) is 16.3. The van der Waals surface area contributed by atoms with Gasteiger partial charge in [-0.25, -0.2) is 0 Å². The third-order valence-electron chi connectivity index (χ3n) is 4.63. The average Bonchev–Trinajstić information content (AvgIpc) is 3.28. The molecule has 1 aromatic carbocycles. The fourth-order valence-corrected chi connectivity index (χ4v) is 3.38. The molecule has 0 atom stereocenters. The van der Waals surface area contributed by atoms with E-state index in [0.29, 0.717) is 27.8 Å². The zero-order valence-corrected chi connectivity index (χ0v) is 17.8. The molecule has 0 aliphatic carbocycles. The molecule has 3 rings (SSSR count). The van der Waals surface area contributed by atoms with E-state index in [9.17, 15) is 9.59 Å². The summed E-state index contributed by atoms with van der Waals surface area (Å²) in [6.45, 7) is 4.26. The second-order valence-electron chi connectivity index (χ2n) is 6.79. The predicted molar refractivity (Wildman–Crippen MR) is 114 cm³/mol. The highest BCUT2D eigenvalue weighted by Crippen LogP contribution is 2.25. The standard InChI is InChI=1S/C21H21Cl2N3O3/c1-13-9-17(14(2)26(13)11-16-5-4-8-29-16)21(28)25(3)12-20(27)24-15-6-7-18(22)19(23)10-15/h4-10H,11-12H2,1-3H3,(H,24,27). The van der Waals surface area contributed by atoms with Crippen molar-refractivity contribution in [1.82, 2.24) is 9.47 Å². The number of anilines is 1. The Hall–Kier alpha value is -2.70. The number of nitrogens with zero attached hydrogens (tertiary/aromatic N) is 2. The number of hydrogen-bond acceptors (Lipinski definition) is 3. The Morgan fingerprint density at radius 3 is 2.55 bits per heavy atom. The van der Waals surface area contributed by atoms with E-state index in [1.54, 1.807) is 31.5 Å². The lowest BCUT2D eigenvalue weighted by Gasteiger charge is -2.17. The second kappa shape index (κ2) is 8.76. The van der Waals surface area contributed by atoms with Crippen LogP contribution < -0.4 is 5.32 Å². The van der Waals surface area contributed by atoms with E-state index >= 15 is 0 Å². The molecule has 29 heavy (non-hydrogen) atoms. The number of furan rings is 1. The molecule has 0 radical (unpaired) electrons. The summed E-state index contributed by atoms with van der Waals surface area (Å²) in [6, 6.07) is 10.4. The number of aromatic nitrogens is 1. The van der Waals surface area contributed by atoms with Crippen molar-refractivity contribution in [3.05, 3.63) is 75.4 Å². The Labute approximate surface area is 179 Å². The fraction of sp³-hybridized carbons (Fsp3) is 0.238. The largest absolute Gasteiger partial charge is 0.467 e. The molecule has 0 saturated carbocycles. The Morgan fingerprint density at radius 1 is 1.14 bits per heavy atom. The molecule has 8 heteroatoms. The number of halogens is 2. The van der Waals surface area contributed by atoms with E-state index in [-0.39, 0.29) is 18.4 Å². The van der Waals surface area contributed by atoms with Crippen LogP contribution in [0.3, 0.4) is 0 Å². The quantitative estimate of drug-likeness (QED) is 0.608. The molecule has 0 saturated heterocycles. The normalized spacial score (nSPS) is 10.8. The minimum Gasteiger partial charge on any atom is -0.467 e. The third-order valence-corrected chi connectivity index (χ3v) is 5.37. The number of benzene rings is 1. The van der Waals surface area contributed by atoms with E-state index in [2.05, 4.69) is 5.32 Å². The molecule has 0 bridgehead atoms. The summed E-state index contributed by atoms with van der Waals surface area (Å²) in [5.41, 5.74) is 2.83. The molecule has 0 spiro atoms. The number of rotatable bonds is 6. The maximum absolute atomic E-state index is 12.9. The minimum absolute atomic E-state index is 0.0963. The molecule has 152 valence electrons. The van der Waals surface area contributed by atoms with Crippen LogP contribution in [0.5, 0.6) is 0 Å². The number of carbonyl (C=O) groups is 2. The molecule has 0 aliphatic rings. The van der Waals surface area contributed by atoms with E-state index < -0.39 is 0 Å². The molecule has 2 aromatic heterocycles. The van der Waals surface area contributed by atoms with Crippen LogP contribution in [0.2, 0.25) is 10.0 Å². The molecule has 0 aliphatic heterocycles.